The highest BCUT2D eigenvalue weighted by atomic mass is 32.2. The van der Waals surface area contributed by atoms with Crippen molar-refractivity contribution in [3.8, 4) is 16.1 Å². The van der Waals surface area contributed by atoms with Crippen LogP contribution < -0.4 is 16.2 Å². The Hall–Kier alpha value is -3.43. The molecule has 7 nitrogen and oxygen atoms in total. The van der Waals surface area contributed by atoms with Crippen molar-refractivity contribution >= 4 is 45.3 Å². The van der Waals surface area contributed by atoms with E-state index in [0.717, 1.165) is 27.8 Å². The standard InChI is InChI=1S/C23H20N4O3S2/c1-14-8-6-7-11-17(14)27-21(29)16-12-18(15-9-4-3-5-10-15)32-20(16)26-23(27)31-13-19(28)25-22(30)24-2/h3-12H,13H2,1-2H3,(H2,24,25,28,30). The molecule has 2 heterocycles. The first kappa shape index (κ1) is 21.8. The van der Waals surface area contributed by atoms with E-state index >= 15 is 0 Å². The molecule has 0 atom stereocenters. The van der Waals surface area contributed by atoms with Gasteiger partial charge in [0.15, 0.2) is 5.16 Å². The van der Waals surface area contributed by atoms with Crippen LogP contribution in [-0.4, -0.2) is 34.3 Å². The number of carbonyl (C=O) groups is 2. The number of nitrogens with one attached hydrogen (secondary N) is 2. The number of carbonyl (C=O) groups excluding carboxylic acids is 2. The van der Waals surface area contributed by atoms with E-state index in [1.54, 1.807) is 0 Å². The van der Waals surface area contributed by atoms with E-state index in [9.17, 15) is 14.4 Å². The Balaban J connectivity index is 1.82. The van der Waals surface area contributed by atoms with Crippen molar-refractivity contribution in [3.63, 3.8) is 0 Å². The lowest BCUT2D eigenvalue weighted by Crippen LogP contribution is -2.38. The molecule has 2 aromatic heterocycles. The summed E-state index contributed by atoms with van der Waals surface area (Å²) in [6.07, 6.45) is 0. The van der Waals surface area contributed by atoms with Gasteiger partial charge in [0.1, 0.15) is 4.83 Å². The first-order valence-corrected chi connectivity index (χ1v) is 11.6. The second-order valence-corrected chi connectivity index (χ2v) is 8.91. The molecule has 4 aromatic rings. The maximum atomic E-state index is 13.6. The van der Waals surface area contributed by atoms with Crippen LogP contribution >= 0.6 is 23.1 Å². The Labute approximate surface area is 192 Å². The number of thioether (sulfide) groups is 1. The van der Waals surface area contributed by atoms with Gasteiger partial charge in [-0.05, 0) is 30.2 Å². The van der Waals surface area contributed by atoms with Gasteiger partial charge in [0.25, 0.3) is 5.56 Å². The fourth-order valence-corrected chi connectivity index (χ4v) is 5.07. The summed E-state index contributed by atoms with van der Waals surface area (Å²) >= 11 is 2.54. The summed E-state index contributed by atoms with van der Waals surface area (Å²) < 4.78 is 1.54. The highest BCUT2D eigenvalue weighted by molar-refractivity contribution is 7.99. The Kier molecular flexibility index (Phi) is 6.38. The Morgan fingerprint density at radius 3 is 2.53 bits per heavy atom. The van der Waals surface area contributed by atoms with Crippen LogP contribution in [0.5, 0.6) is 0 Å². The van der Waals surface area contributed by atoms with E-state index in [1.807, 2.05) is 67.6 Å². The van der Waals surface area contributed by atoms with Gasteiger partial charge in [-0.1, -0.05) is 60.3 Å². The molecule has 162 valence electrons. The molecule has 0 aliphatic rings. The quantitative estimate of drug-likeness (QED) is 0.344. The van der Waals surface area contributed by atoms with Gasteiger partial charge in [-0.15, -0.1) is 11.3 Å². The molecular weight excluding hydrogens is 444 g/mol. The number of fused-ring (bicyclic) bond motifs is 1. The summed E-state index contributed by atoms with van der Waals surface area (Å²) in [5, 5.41) is 5.48. The molecule has 0 saturated carbocycles. The van der Waals surface area contributed by atoms with Gasteiger partial charge in [0, 0.05) is 11.9 Å². The van der Waals surface area contributed by atoms with Crippen LogP contribution in [0.15, 0.2) is 70.6 Å². The number of hydrogen-bond acceptors (Lipinski definition) is 6. The minimum Gasteiger partial charge on any atom is -0.341 e. The van der Waals surface area contributed by atoms with Crippen molar-refractivity contribution in [1.29, 1.82) is 0 Å². The number of urea groups is 1. The first-order valence-electron chi connectivity index (χ1n) is 9.80. The summed E-state index contributed by atoms with van der Waals surface area (Å²) in [5.74, 6) is -0.537. The third-order valence-corrected chi connectivity index (χ3v) is 6.78. The fourth-order valence-electron chi connectivity index (χ4n) is 3.19. The van der Waals surface area contributed by atoms with Crippen LogP contribution in [0.3, 0.4) is 0 Å². The van der Waals surface area contributed by atoms with Crippen molar-refractivity contribution in [1.82, 2.24) is 20.2 Å². The van der Waals surface area contributed by atoms with Crippen LogP contribution in [0, 0.1) is 6.92 Å². The molecule has 9 heteroatoms. The summed E-state index contributed by atoms with van der Waals surface area (Å²) in [7, 11) is 1.43. The molecule has 0 bridgehead atoms. The maximum Gasteiger partial charge on any atom is 0.321 e. The van der Waals surface area contributed by atoms with Crippen molar-refractivity contribution in [3.05, 3.63) is 76.6 Å². The van der Waals surface area contributed by atoms with Gasteiger partial charge < -0.3 is 5.32 Å². The van der Waals surface area contributed by atoms with Crippen LogP contribution in [0.1, 0.15) is 5.56 Å². The van der Waals surface area contributed by atoms with Crippen molar-refractivity contribution in [2.75, 3.05) is 12.8 Å². The molecule has 0 spiro atoms. The molecule has 3 amide bonds. The molecule has 0 fully saturated rings. The van der Waals surface area contributed by atoms with E-state index in [2.05, 4.69) is 10.6 Å². The van der Waals surface area contributed by atoms with Crippen LogP contribution in [0.25, 0.3) is 26.3 Å². The molecular formula is C23H20N4O3S2. The van der Waals surface area contributed by atoms with Gasteiger partial charge in [-0.3, -0.25) is 19.5 Å². The number of aromatic nitrogens is 2. The zero-order chi connectivity index (χ0) is 22.7. The molecule has 32 heavy (non-hydrogen) atoms. The summed E-state index contributed by atoms with van der Waals surface area (Å²) in [6, 6.07) is 18.6. The first-order chi connectivity index (χ1) is 15.5. The largest absolute Gasteiger partial charge is 0.341 e. The molecule has 0 radical (unpaired) electrons. The number of para-hydroxylation sites is 1. The van der Waals surface area contributed by atoms with Crippen molar-refractivity contribution in [2.45, 2.75) is 12.1 Å². The second-order valence-electron chi connectivity index (χ2n) is 6.93. The predicted molar refractivity (Wildman–Crippen MR) is 129 cm³/mol. The molecule has 0 unspecified atom stereocenters. The lowest BCUT2D eigenvalue weighted by atomic mass is 10.2. The molecule has 4 rings (SSSR count). The predicted octanol–water partition coefficient (Wildman–Crippen LogP) is 3.97. The average molecular weight is 465 g/mol. The lowest BCUT2D eigenvalue weighted by molar-refractivity contribution is -0.117. The Bertz CT molecular complexity index is 1360. The van der Waals surface area contributed by atoms with E-state index in [0.29, 0.717) is 21.1 Å². The molecule has 0 saturated heterocycles. The number of amides is 3. The van der Waals surface area contributed by atoms with Crippen molar-refractivity contribution < 1.29 is 9.59 Å². The van der Waals surface area contributed by atoms with Gasteiger partial charge in [0.2, 0.25) is 5.91 Å². The SMILES string of the molecule is CNC(=O)NC(=O)CSc1nc2sc(-c3ccccc3)cc2c(=O)n1-c1ccccc1C. The average Bonchev–Trinajstić information content (AvgIpc) is 3.24. The highest BCUT2D eigenvalue weighted by Gasteiger charge is 2.19. The lowest BCUT2D eigenvalue weighted by Gasteiger charge is -2.14. The Morgan fingerprint density at radius 1 is 1.09 bits per heavy atom. The number of hydrogen-bond donors (Lipinski definition) is 2. The van der Waals surface area contributed by atoms with Gasteiger partial charge in [0.05, 0.1) is 16.8 Å². The van der Waals surface area contributed by atoms with E-state index in [1.165, 1.54) is 23.0 Å². The zero-order valence-corrected chi connectivity index (χ0v) is 19.0. The van der Waals surface area contributed by atoms with Crippen LogP contribution in [0.2, 0.25) is 0 Å². The second kappa shape index (κ2) is 9.37. The van der Waals surface area contributed by atoms with Gasteiger partial charge >= 0.3 is 6.03 Å². The van der Waals surface area contributed by atoms with Crippen LogP contribution in [-0.2, 0) is 4.79 Å². The minimum atomic E-state index is -0.582. The molecule has 0 aliphatic carbocycles. The maximum absolute atomic E-state index is 13.6. The van der Waals surface area contributed by atoms with Crippen molar-refractivity contribution in [2.24, 2.45) is 0 Å². The van der Waals surface area contributed by atoms with Gasteiger partial charge in [-0.2, -0.15) is 0 Å². The number of thiophene rings is 1. The monoisotopic (exact) mass is 464 g/mol. The number of benzene rings is 2. The molecule has 2 aromatic carbocycles. The van der Waals surface area contributed by atoms with Gasteiger partial charge in [-0.25, -0.2) is 9.78 Å². The summed E-state index contributed by atoms with van der Waals surface area (Å²) in [5.41, 5.74) is 2.42. The van der Waals surface area contributed by atoms with E-state index in [-0.39, 0.29) is 11.3 Å². The molecule has 2 N–H and O–H groups in total. The Morgan fingerprint density at radius 2 is 1.81 bits per heavy atom. The number of nitrogens with zero attached hydrogens (tertiary/aromatic N) is 2. The molecule has 0 aliphatic heterocycles. The summed E-state index contributed by atoms with van der Waals surface area (Å²) in [4.78, 5) is 43.4. The topological polar surface area (TPSA) is 93.1 Å². The van der Waals surface area contributed by atoms with E-state index in [4.69, 9.17) is 4.98 Å². The number of rotatable bonds is 5. The highest BCUT2D eigenvalue weighted by Crippen LogP contribution is 2.33. The minimum absolute atomic E-state index is 0.0613. The van der Waals surface area contributed by atoms with E-state index < -0.39 is 11.9 Å². The third kappa shape index (κ3) is 4.44. The van der Waals surface area contributed by atoms with Crippen LogP contribution in [0.4, 0.5) is 4.79 Å². The smallest absolute Gasteiger partial charge is 0.321 e. The summed E-state index contributed by atoms with van der Waals surface area (Å²) in [6.45, 7) is 1.92. The normalized spacial score (nSPS) is 10.8. The third-order valence-electron chi connectivity index (χ3n) is 4.76. The zero-order valence-electron chi connectivity index (χ0n) is 17.4. The number of aryl methyl sites for hydroxylation is 1. The number of imide groups is 1. The fraction of sp³-hybridized carbons (Fsp3) is 0.130.